The fraction of sp³-hybridized carbons (Fsp3) is 0.174. The highest BCUT2D eigenvalue weighted by Crippen LogP contribution is 2.31. The topological polar surface area (TPSA) is 61.9 Å². The average molecular weight is 434 g/mol. The normalized spacial score (nSPS) is 11.5. The Hall–Kier alpha value is -3.52. The summed E-state index contributed by atoms with van der Waals surface area (Å²) in [6.45, 7) is 2.93. The fourth-order valence-corrected chi connectivity index (χ4v) is 4.80. The van der Waals surface area contributed by atoms with Gasteiger partial charge in [-0.1, -0.05) is 0 Å². The van der Waals surface area contributed by atoms with Crippen LogP contribution in [0.4, 0.5) is 4.39 Å². The maximum absolute atomic E-state index is 13.6. The van der Waals surface area contributed by atoms with Gasteiger partial charge in [0.15, 0.2) is 0 Å². The maximum Gasteiger partial charge on any atom is 0.271 e. The van der Waals surface area contributed by atoms with E-state index in [1.807, 2.05) is 41.8 Å². The van der Waals surface area contributed by atoms with Crippen LogP contribution in [0.3, 0.4) is 0 Å². The van der Waals surface area contributed by atoms with E-state index >= 15 is 0 Å². The van der Waals surface area contributed by atoms with Crippen LogP contribution in [0.2, 0.25) is 0 Å². The van der Waals surface area contributed by atoms with Gasteiger partial charge < -0.3 is 9.30 Å². The minimum absolute atomic E-state index is 0.115. The summed E-state index contributed by atoms with van der Waals surface area (Å²) in [6, 6.07) is 14.2. The van der Waals surface area contributed by atoms with Crippen LogP contribution in [0.1, 0.15) is 12.7 Å². The number of imidazole rings is 1. The van der Waals surface area contributed by atoms with E-state index in [0.29, 0.717) is 28.1 Å². The van der Waals surface area contributed by atoms with E-state index in [0.717, 1.165) is 21.7 Å². The van der Waals surface area contributed by atoms with Crippen molar-refractivity contribution in [3.05, 3.63) is 76.9 Å². The summed E-state index contributed by atoms with van der Waals surface area (Å²) >= 11 is 1.42. The molecule has 0 radical (unpaired) electrons. The number of fused-ring (bicyclic) bond motifs is 2. The summed E-state index contributed by atoms with van der Waals surface area (Å²) in [6.07, 6.45) is 1.55. The molecule has 0 saturated carbocycles. The molecule has 0 aliphatic rings. The number of thiophene rings is 1. The van der Waals surface area contributed by atoms with Crippen molar-refractivity contribution in [1.29, 1.82) is 0 Å². The Kier molecular flexibility index (Phi) is 4.78. The lowest BCUT2D eigenvalue weighted by molar-refractivity contribution is 0.415. The van der Waals surface area contributed by atoms with Gasteiger partial charge in [-0.3, -0.25) is 9.36 Å². The quantitative estimate of drug-likeness (QED) is 0.403. The highest BCUT2D eigenvalue weighted by atomic mass is 32.1. The highest BCUT2D eigenvalue weighted by Gasteiger charge is 2.15. The second kappa shape index (κ2) is 7.63. The van der Waals surface area contributed by atoms with Crippen LogP contribution >= 0.6 is 11.3 Å². The zero-order valence-electron chi connectivity index (χ0n) is 17.0. The van der Waals surface area contributed by atoms with Gasteiger partial charge in [0.25, 0.3) is 5.56 Å². The standard InChI is InChI=1S/C23H19FN4O2S/c1-3-28-19-9-6-15(24)10-17(19)26-21(28)12-27-13-25-18-11-20(31-22(18)23(27)29)14-4-7-16(30-2)8-5-14/h4-11,13H,3,12H2,1-2H3. The van der Waals surface area contributed by atoms with Crippen molar-refractivity contribution < 1.29 is 9.13 Å². The molecule has 0 N–H and O–H groups in total. The van der Waals surface area contributed by atoms with Gasteiger partial charge in [0, 0.05) is 17.5 Å². The molecular formula is C23H19FN4O2S. The van der Waals surface area contributed by atoms with E-state index in [1.54, 1.807) is 24.1 Å². The van der Waals surface area contributed by atoms with Crippen molar-refractivity contribution in [2.45, 2.75) is 20.0 Å². The van der Waals surface area contributed by atoms with Crippen molar-refractivity contribution in [1.82, 2.24) is 19.1 Å². The van der Waals surface area contributed by atoms with Crippen LogP contribution in [-0.2, 0) is 13.1 Å². The molecule has 0 unspecified atom stereocenters. The van der Waals surface area contributed by atoms with Gasteiger partial charge in [-0.05, 0) is 55.0 Å². The van der Waals surface area contributed by atoms with Gasteiger partial charge in [-0.25, -0.2) is 14.4 Å². The molecule has 0 amide bonds. The molecule has 156 valence electrons. The zero-order chi connectivity index (χ0) is 21.5. The number of halogens is 1. The van der Waals surface area contributed by atoms with Gasteiger partial charge in [0.05, 0.1) is 36.5 Å². The van der Waals surface area contributed by atoms with Crippen LogP contribution in [0, 0.1) is 5.82 Å². The highest BCUT2D eigenvalue weighted by molar-refractivity contribution is 7.22. The molecule has 2 aromatic carbocycles. The van der Waals surface area contributed by atoms with E-state index in [9.17, 15) is 9.18 Å². The van der Waals surface area contributed by atoms with E-state index in [2.05, 4.69) is 9.97 Å². The number of benzene rings is 2. The number of hydrogen-bond acceptors (Lipinski definition) is 5. The molecule has 31 heavy (non-hydrogen) atoms. The molecule has 0 fully saturated rings. The Morgan fingerprint density at radius 1 is 1.10 bits per heavy atom. The lowest BCUT2D eigenvalue weighted by Gasteiger charge is -2.08. The average Bonchev–Trinajstić information content (AvgIpc) is 3.37. The van der Waals surface area contributed by atoms with E-state index in [1.165, 1.54) is 23.5 Å². The number of methoxy groups -OCH3 is 1. The van der Waals surface area contributed by atoms with Crippen molar-refractivity contribution in [3.8, 4) is 16.2 Å². The molecule has 0 atom stereocenters. The van der Waals surface area contributed by atoms with Gasteiger partial charge in [-0.2, -0.15) is 0 Å². The molecule has 6 nitrogen and oxygen atoms in total. The molecule has 0 spiro atoms. The third-order valence-corrected chi connectivity index (χ3v) is 6.46. The van der Waals surface area contributed by atoms with E-state index in [4.69, 9.17) is 4.74 Å². The first-order chi connectivity index (χ1) is 15.1. The number of rotatable bonds is 5. The summed E-state index contributed by atoms with van der Waals surface area (Å²) in [5.74, 6) is 1.15. The van der Waals surface area contributed by atoms with Crippen LogP contribution in [-0.4, -0.2) is 26.2 Å². The van der Waals surface area contributed by atoms with Gasteiger partial charge in [0.1, 0.15) is 22.1 Å². The Bertz CT molecular complexity index is 1470. The predicted molar refractivity (Wildman–Crippen MR) is 120 cm³/mol. The minimum atomic E-state index is -0.329. The number of hydrogen-bond donors (Lipinski definition) is 0. The SMILES string of the molecule is CCn1c(Cn2cnc3cc(-c4ccc(OC)cc4)sc3c2=O)nc2cc(F)ccc21. The van der Waals surface area contributed by atoms with Crippen LogP contribution in [0.15, 0.2) is 59.7 Å². The lowest BCUT2D eigenvalue weighted by Crippen LogP contribution is -2.22. The number of aromatic nitrogens is 4. The molecular weight excluding hydrogens is 415 g/mol. The number of ether oxygens (including phenoxy) is 1. The van der Waals surface area contributed by atoms with Crippen molar-refractivity contribution >= 4 is 32.6 Å². The molecule has 5 aromatic rings. The first-order valence-corrected chi connectivity index (χ1v) is 10.7. The molecule has 3 aromatic heterocycles. The van der Waals surface area contributed by atoms with E-state index in [-0.39, 0.29) is 17.9 Å². The minimum Gasteiger partial charge on any atom is -0.497 e. The summed E-state index contributed by atoms with van der Waals surface area (Å²) in [4.78, 5) is 23.2. The summed E-state index contributed by atoms with van der Waals surface area (Å²) < 4.78 is 23.0. The van der Waals surface area contributed by atoms with Crippen molar-refractivity contribution in [3.63, 3.8) is 0 Å². The third kappa shape index (κ3) is 3.38. The van der Waals surface area contributed by atoms with Gasteiger partial charge in [-0.15, -0.1) is 11.3 Å². The summed E-state index contributed by atoms with van der Waals surface area (Å²) in [5.41, 5.74) is 2.99. The summed E-state index contributed by atoms with van der Waals surface area (Å²) in [5, 5.41) is 0. The number of nitrogens with zero attached hydrogens (tertiary/aromatic N) is 4. The first kappa shape index (κ1) is 19.4. The zero-order valence-corrected chi connectivity index (χ0v) is 17.8. The van der Waals surface area contributed by atoms with Crippen molar-refractivity contribution in [2.75, 3.05) is 7.11 Å². The summed E-state index contributed by atoms with van der Waals surface area (Å²) in [7, 11) is 1.63. The monoisotopic (exact) mass is 434 g/mol. The third-order valence-electron chi connectivity index (χ3n) is 5.30. The molecule has 0 aliphatic carbocycles. The molecule has 5 rings (SSSR count). The Balaban J connectivity index is 1.54. The lowest BCUT2D eigenvalue weighted by atomic mass is 10.2. The Labute approximate surface area is 181 Å². The second-order valence-corrected chi connectivity index (χ2v) is 8.19. The fourth-order valence-electron chi connectivity index (χ4n) is 3.73. The first-order valence-electron chi connectivity index (χ1n) is 9.85. The van der Waals surface area contributed by atoms with Gasteiger partial charge >= 0.3 is 0 Å². The molecule has 0 aliphatic heterocycles. The Morgan fingerprint density at radius 2 is 1.90 bits per heavy atom. The van der Waals surface area contributed by atoms with E-state index < -0.39 is 0 Å². The molecule has 0 bridgehead atoms. The maximum atomic E-state index is 13.6. The largest absolute Gasteiger partial charge is 0.497 e. The number of aryl methyl sites for hydroxylation is 1. The van der Waals surface area contributed by atoms with Crippen LogP contribution in [0.5, 0.6) is 5.75 Å². The van der Waals surface area contributed by atoms with Crippen LogP contribution in [0.25, 0.3) is 31.7 Å². The molecule has 8 heteroatoms. The smallest absolute Gasteiger partial charge is 0.271 e. The predicted octanol–water partition coefficient (Wildman–Crippen LogP) is 4.69. The Morgan fingerprint density at radius 3 is 2.65 bits per heavy atom. The van der Waals surface area contributed by atoms with Crippen LogP contribution < -0.4 is 10.3 Å². The molecule has 0 saturated heterocycles. The van der Waals surface area contributed by atoms with Gasteiger partial charge in [0.2, 0.25) is 0 Å². The van der Waals surface area contributed by atoms with Crippen molar-refractivity contribution in [2.24, 2.45) is 0 Å². The molecule has 3 heterocycles. The second-order valence-electron chi connectivity index (χ2n) is 7.14.